The fraction of sp³-hybridized carbons (Fsp3) is 0.429. The third-order valence-electron chi connectivity index (χ3n) is 4.42. The molecule has 0 saturated heterocycles. The zero-order chi connectivity index (χ0) is 22.5. The summed E-state index contributed by atoms with van der Waals surface area (Å²) in [5, 5.41) is 10.4. The van der Waals surface area contributed by atoms with Crippen LogP contribution >= 0.6 is 0 Å². The molecule has 9 heteroatoms. The second kappa shape index (κ2) is 7.07. The number of H-pyrrole nitrogens is 1. The molecule has 0 atom stereocenters. The van der Waals surface area contributed by atoms with Crippen LogP contribution in [0.2, 0.25) is 0 Å². The molecule has 30 heavy (non-hydrogen) atoms. The van der Waals surface area contributed by atoms with Crippen molar-refractivity contribution in [1.29, 1.82) is 0 Å². The number of carbonyl (C=O) groups excluding carboxylic acids is 1. The van der Waals surface area contributed by atoms with Crippen molar-refractivity contribution in [1.82, 2.24) is 14.6 Å². The minimum absolute atomic E-state index is 0.232. The highest BCUT2D eigenvalue weighted by atomic mass is 19.4. The van der Waals surface area contributed by atoms with Crippen LogP contribution in [0.5, 0.6) is 0 Å². The lowest BCUT2D eigenvalue weighted by Crippen LogP contribution is -2.29. The minimum atomic E-state index is -4.43. The van der Waals surface area contributed by atoms with Crippen LogP contribution in [0.4, 0.5) is 24.7 Å². The van der Waals surface area contributed by atoms with Gasteiger partial charge in [-0.2, -0.15) is 22.8 Å². The molecule has 0 spiro atoms. The summed E-state index contributed by atoms with van der Waals surface area (Å²) in [5.74, 6) is 0.298. The van der Waals surface area contributed by atoms with E-state index < -0.39 is 17.6 Å². The normalized spacial score (nSPS) is 13.0. The molecular weight excluding hydrogens is 395 g/mol. The molecule has 1 aromatic carbocycles. The summed E-state index contributed by atoms with van der Waals surface area (Å²) in [6.45, 7) is 12.2. The fourth-order valence-electron chi connectivity index (χ4n) is 3.04. The van der Waals surface area contributed by atoms with Gasteiger partial charge in [0.2, 0.25) is 0 Å². The predicted octanol–water partition coefficient (Wildman–Crippen LogP) is 5.44. The Labute approximate surface area is 172 Å². The van der Waals surface area contributed by atoms with Crippen molar-refractivity contribution in [3.05, 3.63) is 47.3 Å². The molecule has 0 radical (unpaired) electrons. The lowest BCUT2D eigenvalue weighted by Gasteiger charge is -2.25. The summed E-state index contributed by atoms with van der Waals surface area (Å²) in [5.41, 5.74) is 0.718. The second-order valence-corrected chi connectivity index (χ2v) is 9.32. The van der Waals surface area contributed by atoms with Crippen LogP contribution in [0, 0.1) is 0 Å². The fourth-order valence-corrected chi connectivity index (χ4v) is 3.04. The number of hydrogen-bond donors (Lipinski definition) is 3. The molecule has 0 unspecified atom stereocenters. The smallest absolute Gasteiger partial charge is 0.364 e. The van der Waals surface area contributed by atoms with Crippen LogP contribution in [0.25, 0.3) is 5.65 Å². The first-order chi connectivity index (χ1) is 13.7. The van der Waals surface area contributed by atoms with E-state index in [1.165, 1.54) is 18.3 Å². The number of hydrogen-bond acceptors (Lipinski definition) is 3. The maximum Gasteiger partial charge on any atom is 0.416 e. The number of alkyl halides is 3. The van der Waals surface area contributed by atoms with Gasteiger partial charge >= 0.3 is 6.18 Å². The molecule has 1 amide bonds. The van der Waals surface area contributed by atoms with E-state index in [4.69, 9.17) is 0 Å². The van der Waals surface area contributed by atoms with Gasteiger partial charge in [-0.1, -0.05) is 20.8 Å². The lowest BCUT2D eigenvalue weighted by molar-refractivity contribution is -0.137. The lowest BCUT2D eigenvalue weighted by atomic mass is 9.91. The van der Waals surface area contributed by atoms with Gasteiger partial charge in [0.25, 0.3) is 5.91 Å². The first kappa shape index (κ1) is 21.7. The zero-order valence-corrected chi connectivity index (χ0v) is 17.8. The summed E-state index contributed by atoms with van der Waals surface area (Å²) in [4.78, 5) is 16.1. The molecule has 3 rings (SSSR count). The monoisotopic (exact) mass is 421 g/mol. The maximum absolute atomic E-state index is 12.8. The molecule has 2 aromatic heterocycles. The average molecular weight is 421 g/mol. The zero-order valence-electron chi connectivity index (χ0n) is 17.8. The highest BCUT2D eigenvalue weighted by Crippen LogP contribution is 2.33. The van der Waals surface area contributed by atoms with E-state index in [0.29, 0.717) is 11.2 Å². The number of benzene rings is 1. The summed E-state index contributed by atoms with van der Waals surface area (Å²) in [7, 11) is 0. The topological polar surface area (TPSA) is 74.2 Å². The summed E-state index contributed by atoms with van der Waals surface area (Å²) in [6, 6.07) is 4.31. The van der Waals surface area contributed by atoms with Crippen LogP contribution in [-0.2, 0) is 11.6 Å². The van der Waals surface area contributed by atoms with Gasteiger partial charge in [-0.25, -0.2) is 0 Å². The summed E-state index contributed by atoms with van der Waals surface area (Å²) in [6.07, 6.45) is -2.99. The molecule has 3 N–H and O–H groups in total. The Bertz CT molecular complexity index is 1060. The molecule has 0 fully saturated rings. The quantitative estimate of drug-likeness (QED) is 0.527. The van der Waals surface area contributed by atoms with Crippen LogP contribution < -0.4 is 10.6 Å². The first-order valence-electron chi connectivity index (χ1n) is 9.54. The summed E-state index contributed by atoms with van der Waals surface area (Å²) >= 11 is 0. The van der Waals surface area contributed by atoms with E-state index >= 15 is 0 Å². The number of nitrogens with one attached hydrogen (secondary N) is 3. The molecule has 0 saturated carbocycles. The molecule has 162 valence electrons. The Morgan fingerprint density at radius 1 is 1.03 bits per heavy atom. The Balaban J connectivity index is 1.95. The van der Waals surface area contributed by atoms with Crippen molar-refractivity contribution < 1.29 is 18.0 Å². The average Bonchev–Trinajstić information content (AvgIpc) is 3.13. The summed E-state index contributed by atoms with van der Waals surface area (Å²) < 4.78 is 39.8. The van der Waals surface area contributed by atoms with Crippen molar-refractivity contribution in [3.8, 4) is 0 Å². The Kier molecular flexibility index (Phi) is 5.12. The molecular formula is C21H26F3N5O. The van der Waals surface area contributed by atoms with Gasteiger partial charge in [0.05, 0.1) is 17.5 Å². The molecule has 0 bridgehead atoms. The van der Waals surface area contributed by atoms with Crippen molar-refractivity contribution in [3.63, 3.8) is 0 Å². The van der Waals surface area contributed by atoms with E-state index in [1.807, 2.05) is 41.5 Å². The van der Waals surface area contributed by atoms with Crippen LogP contribution in [-0.4, -0.2) is 26.0 Å². The van der Waals surface area contributed by atoms with Crippen LogP contribution in [0.15, 0.2) is 30.5 Å². The second-order valence-electron chi connectivity index (χ2n) is 9.32. The molecule has 2 heterocycles. The van der Waals surface area contributed by atoms with Crippen molar-refractivity contribution in [2.24, 2.45) is 0 Å². The Hall–Kier alpha value is -2.97. The van der Waals surface area contributed by atoms with Gasteiger partial charge in [0.1, 0.15) is 17.0 Å². The third-order valence-corrected chi connectivity index (χ3v) is 4.42. The number of nitrogens with zero attached hydrogens (tertiary/aromatic N) is 2. The number of fused-ring (bicyclic) bond motifs is 1. The number of amides is 1. The van der Waals surface area contributed by atoms with E-state index in [0.717, 1.165) is 23.6 Å². The van der Waals surface area contributed by atoms with Gasteiger partial charge in [-0.15, -0.1) is 0 Å². The van der Waals surface area contributed by atoms with Crippen molar-refractivity contribution in [2.75, 3.05) is 10.6 Å². The number of anilines is 2. The van der Waals surface area contributed by atoms with E-state index in [9.17, 15) is 18.0 Å². The van der Waals surface area contributed by atoms with Crippen molar-refractivity contribution >= 4 is 23.1 Å². The Morgan fingerprint density at radius 2 is 1.63 bits per heavy atom. The van der Waals surface area contributed by atoms with Crippen molar-refractivity contribution in [2.45, 2.75) is 58.7 Å². The first-order valence-corrected chi connectivity index (χ1v) is 9.54. The van der Waals surface area contributed by atoms with Crippen LogP contribution in [0.3, 0.4) is 0 Å². The molecule has 6 nitrogen and oxygen atoms in total. The van der Waals surface area contributed by atoms with Gasteiger partial charge in [0.15, 0.2) is 0 Å². The van der Waals surface area contributed by atoms with Gasteiger partial charge < -0.3 is 15.6 Å². The number of imidazole rings is 1. The SMILES string of the molecule is CC(C)(C)Nc1c(C(C)(C)C)[nH]c2c(C(=O)Nc3ccc(C(F)(F)F)cc3)cnn12. The van der Waals surface area contributed by atoms with E-state index in [2.05, 4.69) is 20.7 Å². The minimum Gasteiger partial charge on any atom is -0.364 e. The van der Waals surface area contributed by atoms with E-state index in [-0.39, 0.29) is 16.6 Å². The number of halogens is 3. The molecule has 0 aliphatic heterocycles. The largest absolute Gasteiger partial charge is 0.416 e. The van der Waals surface area contributed by atoms with Gasteiger partial charge in [-0.05, 0) is 45.0 Å². The van der Waals surface area contributed by atoms with E-state index in [1.54, 1.807) is 4.52 Å². The number of aromatic amines is 1. The van der Waals surface area contributed by atoms with Crippen LogP contribution in [0.1, 0.15) is 63.2 Å². The predicted molar refractivity (Wildman–Crippen MR) is 111 cm³/mol. The maximum atomic E-state index is 12.8. The van der Waals surface area contributed by atoms with Gasteiger partial charge in [0, 0.05) is 16.6 Å². The highest BCUT2D eigenvalue weighted by Gasteiger charge is 2.30. The highest BCUT2D eigenvalue weighted by molar-refractivity contribution is 6.08. The van der Waals surface area contributed by atoms with Gasteiger partial charge in [-0.3, -0.25) is 4.79 Å². The molecule has 3 aromatic rings. The number of aromatic nitrogens is 3. The standard InChI is InChI=1S/C21H26F3N5O/c1-19(2,3)15-17(28-20(4,5)6)29-16(27-15)14(11-25-29)18(30)26-13-9-7-12(8-10-13)21(22,23)24/h7-11,27-28H,1-6H3,(H,26,30). The molecule has 0 aliphatic rings. The molecule has 0 aliphatic carbocycles. The number of rotatable bonds is 3. The Morgan fingerprint density at radius 3 is 2.13 bits per heavy atom. The third kappa shape index (κ3) is 4.44. The number of carbonyl (C=O) groups is 1.